The molecule has 3 heterocycles. The Morgan fingerprint density at radius 3 is 2.76 bits per heavy atom. The number of thiazole rings is 1. The summed E-state index contributed by atoms with van der Waals surface area (Å²) >= 11 is 1.16. The van der Waals surface area contributed by atoms with E-state index in [-0.39, 0.29) is 11.3 Å². The van der Waals surface area contributed by atoms with Crippen LogP contribution in [0.4, 0.5) is 10.5 Å². The molecule has 0 atom stereocenters. The molecule has 0 unspecified atom stereocenters. The summed E-state index contributed by atoms with van der Waals surface area (Å²) in [4.78, 5) is 46.5. The lowest BCUT2D eigenvalue weighted by atomic mass is 10.00. The molecule has 4 aromatic rings. The zero-order valence-electron chi connectivity index (χ0n) is 20.1. The fourth-order valence-electron chi connectivity index (χ4n) is 3.74. The van der Waals surface area contributed by atoms with Crippen molar-refractivity contribution in [3.05, 3.63) is 86.3 Å². The number of carbonyl (C=O) groups is 2. The van der Waals surface area contributed by atoms with Crippen LogP contribution >= 0.6 is 11.3 Å². The summed E-state index contributed by atoms with van der Waals surface area (Å²) in [6, 6.07) is 14.1. The van der Waals surface area contributed by atoms with Crippen LogP contribution < -0.4 is 29.1 Å². The van der Waals surface area contributed by atoms with E-state index in [2.05, 4.69) is 15.1 Å². The van der Waals surface area contributed by atoms with Crippen molar-refractivity contribution >= 4 is 41.1 Å². The number of ketones is 1. The van der Waals surface area contributed by atoms with Crippen LogP contribution in [0, 0.1) is 0 Å². The van der Waals surface area contributed by atoms with Crippen LogP contribution in [0.25, 0.3) is 12.2 Å². The first-order chi connectivity index (χ1) is 17.8. The molecule has 0 fully saturated rings. The molecule has 0 aliphatic carbocycles. The Balaban J connectivity index is 1.43. The Morgan fingerprint density at radius 2 is 2.00 bits per heavy atom. The van der Waals surface area contributed by atoms with E-state index in [1.54, 1.807) is 62.4 Å². The number of anilines is 1. The Hall–Kier alpha value is -4.51. The first-order valence-electron chi connectivity index (χ1n) is 11.4. The molecule has 0 bridgehead atoms. The van der Waals surface area contributed by atoms with E-state index in [0.717, 1.165) is 11.3 Å². The van der Waals surface area contributed by atoms with Gasteiger partial charge in [0, 0.05) is 6.08 Å². The molecule has 11 heteroatoms. The lowest BCUT2D eigenvalue weighted by Crippen LogP contribution is -2.39. The number of rotatable bonds is 5. The van der Waals surface area contributed by atoms with Gasteiger partial charge >= 0.3 is 6.09 Å². The molecule has 37 heavy (non-hydrogen) atoms. The maximum Gasteiger partial charge on any atom is 0.419 e. The minimum atomic E-state index is -0.961. The molecule has 0 radical (unpaired) electrons. The van der Waals surface area contributed by atoms with Gasteiger partial charge in [-0.1, -0.05) is 24.3 Å². The molecule has 0 spiro atoms. The molecule has 2 aromatic carbocycles. The molecule has 0 saturated carbocycles. The van der Waals surface area contributed by atoms with E-state index in [1.807, 2.05) is 6.07 Å². The van der Waals surface area contributed by atoms with Gasteiger partial charge in [-0.25, -0.2) is 14.5 Å². The molecule has 5 rings (SSSR count). The molecular formula is C26H23N5O5S. The molecular weight excluding hydrogens is 494 g/mol. The largest absolute Gasteiger partial charge is 0.490 e. The third-order valence-electron chi connectivity index (χ3n) is 5.85. The van der Waals surface area contributed by atoms with Gasteiger partial charge in [0.25, 0.3) is 5.56 Å². The first-order valence-corrected chi connectivity index (χ1v) is 12.3. The predicted molar refractivity (Wildman–Crippen MR) is 138 cm³/mol. The van der Waals surface area contributed by atoms with Crippen molar-refractivity contribution in [2.75, 3.05) is 18.1 Å². The number of Topliss-reactive ketones (excluding diaryl/α,β-unsaturated/α-hetero) is 1. The second kappa shape index (κ2) is 9.86. The summed E-state index contributed by atoms with van der Waals surface area (Å²) < 4.78 is 13.5. The average Bonchev–Trinajstić information content (AvgIpc) is 3.55. The summed E-state index contributed by atoms with van der Waals surface area (Å²) in [6.07, 6.45) is 5.41. The average molecular weight is 518 g/mol. The van der Waals surface area contributed by atoms with Crippen molar-refractivity contribution in [2.24, 2.45) is 0 Å². The number of nitrogens with one attached hydrogen (secondary N) is 1. The molecule has 2 aromatic heterocycles. The topological polar surface area (TPSA) is 119 Å². The number of aromatic nitrogens is 4. The van der Waals surface area contributed by atoms with Gasteiger partial charge in [-0.05, 0) is 49.8 Å². The van der Waals surface area contributed by atoms with Crippen molar-refractivity contribution in [1.82, 2.24) is 19.7 Å². The van der Waals surface area contributed by atoms with E-state index >= 15 is 0 Å². The Kier molecular flexibility index (Phi) is 6.45. The van der Waals surface area contributed by atoms with Crippen molar-refractivity contribution in [3.8, 4) is 11.5 Å². The van der Waals surface area contributed by atoms with Gasteiger partial charge in [0.05, 0.1) is 21.4 Å². The SMILES string of the molecule is CC(C)(C(=O)/C=c1\[nH]c(=O)/c(=C/c2ccc3c(c2)N(C(=O)Oc2ccccc2)CCO3)s1)n1cncn1. The molecule has 1 aliphatic rings. The highest BCUT2D eigenvalue weighted by Gasteiger charge is 2.29. The lowest BCUT2D eigenvalue weighted by Gasteiger charge is -2.29. The summed E-state index contributed by atoms with van der Waals surface area (Å²) in [5.41, 5.74) is -0.0466. The number of nitrogens with zero attached hydrogens (tertiary/aromatic N) is 4. The quantitative estimate of drug-likeness (QED) is 0.430. The number of ether oxygens (including phenoxy) is 2. The van der Waals surface area contributed by atoms with Crippen LogP contribution in [-0.2, 0) is 10.3 Å². The minimum absolute atomic E-state index is 0.236. The zero-order valence-corrected chi connectivity index (χ0v) is 20.9. The van der Waals surface area contributed by atoms with Gasteiger partial charge in [0.2, 0.25) is 0 Å². The van der Waals surface area contributed by atoms with Crippen molar-refractivity contribution in [1.29, 1.82) is 0 Å². The van der Waals surface area contributed by atoms with Crippen LogP contribution in [0.15, 0.2) is 66.0 Å². The summed E-state index contributed by atoms with van der Waals surface area (Å²) in [5, 5.41) is 4.05. The lowest BCUT2D eigenvalue weighted by molar-refractivity contribution is -0.120. The normalized spacial score (nSPS) is 14.3. The molecule has 188 valence electrons. The maximum atomic E-state index is 12.9. The standard InChI is InChI=1S/C26H23N5O5S/c1-26(2,31-16-27-15-28-31)22(32)14-23-29-24(33)21(37-23)13-17-8-9-20-19(12-17)30(10-11-35-20)25(34)36-18-6-4-3-5-7-18/h3-9,12-16H,10-11H2,1-2H3,(H,29,33)/b21-13-,23-14+. The van der Waals surface area contributed by atoms with Gasteiger partial charge < -0.3 is 14.5 Å². The van der Waals surface area contributed by atoms with Gasteiger partial charge in [0.15, 0.2) is 5.78 Å². The van der Waals surface area contributed by atoms with E-state index in [1.165, 1.54) is 28.3 Å². The fourth-order valence-corrected chi connectivity index (χ4v) is 4.63. The summed E-state index contributed by atoms with van der Waals surface area (Å²) in [5.74, 6) is 0.753. The Morgan fingerprint density at radius 1 is 1.19 bits per heavy atom. The van der Waals surface area contributed by atoms with E-state index in [9.17, 15) is 14.4 Å². The van der Waals surface area contributed by atoms with Crippen LogP contribution in [0.5, 0.6) is 11.5 Å². The summed E-state index contributed by atoms with van der Waals surface area (Å²) in [7, 11) is 0. The smallest absolute Gasteiger partial charge is 0.419 e. The number of hydrogen-bond acceptors (Lipinski definition) is 8. The number of amides is 1. The van der Waals surface area contributed by atoms with E-state index in [0.29, 0.717) is 45.1 Å². The third-order valence-corrected chi connectivity index (χ3v) is 6.81. The molecule has 1 aliphatic heterocycles. The maximum absolute atomic E-state index is 12.9. The highest BCUT2D eigenvalue weighted by Crippen LogP contribution is 2.33. The van der Waals surface area contributed by atoms with Gasteiger partial charge in [0.1, 0.15) is 36.3 Å². The highest BCUT2D eigenvalue weighted by molar-refractivity contribution is 7.07. The Bertz CT molecular complexity index is 1620. The van der Waals surface area contributed by atoms with Crippen LogP contribution in [0.1, 0.15) is 19.4 Å². The van der Waals surface area contributed by atoms with Crippen LogP contribution in [0.3, 0.4) is 0 Å². The van der Waals surface area contributed by atoms with E-state index in [4.69, 9.17) is 9.47 Å². The fraction of sp³-hybridized carbons (Fsp3) is 0.192. The van der Waals surface area contributed by atoms with Gasteiger partial charge in [-0.3, -0.25) is 14.5 Å². The Labute approximate surface area is 215 Å². The third kappa shape index (κ3) is 5.07. The number of hydrogen-bond donors (Lipinski definition) is 1. The monoisotopic (exact) mass is 517 g/mol. The zero-order chi connectivity index (χ0) is 26.0. The number of benzene rings is 2. The van der Waals surface area contributed by atoms with Crippen molar-refractivity contribution in [3.63, 3.8) is 0 Å². The number of fused-ring (bicyclic) bond motifs is 1. The van der Waals surface area contributed by atoms with E-state index < -0.39 is 11.6 Å². The molecule has 1 N–H and O–H groups in total. The minimum Gasteiger partial charge on any atom is -0.490 e. The first kappa shape index (κ1) is 24.2. The second-order valence-electron chi connectivity index (χ2n) is 8.74. The van der Waals surface area contributed by atoms with Crippen LogP contribution in [-0.4, -0.2) is 44.8 Å². The number of carbonyl (C=O) groups excluding carboxylic acids is 2. The van der Waals surface area contributed by atoms with Gasteiger partial charge in [-0.2, -0.15) is 5.10 Å². The van der Waals surface area contributed by atoms with Gasteiger partial charge in [-0.15, -0.1) is 11.3 Å². The molecule has 10 nitrogen and oxygen atoms in total. The molecule has 0 saturated heterocycles. The number of para-hydroxylation sites is 1. The number of aromatic amines is 1. The highest BCUT2D eigenvalue weighted by atomic mass is 32.1. The molecule has 1 amide bonds. The number of H-pyrrole nitrogens is 1. The van der Waals surface area contributed by atoms with Crippen molar-refractivity contribution in [2.45, 2.75) is 19.4 Å². The van der Waals surface area contributed by atoms with Crippen molar-refractivity contribution < 1.29 is 19.1 Å². The predicted octanol–water partition coefficient (Wildman–Crippen LogP) is 2.04. The van der Waals surface area contributed by atoms with Crippen LogP contribution in [0.2, 0.25) is 0 Å². The second-order valence-corrected chi connectivity index (χ2v) is 9.83. The summed E-state index contributed by atoms with van der Waals surface area (Å²) in [6.45, 7) is 4.11.